The first-order valence-electron chi connectivity index (χ1n) is 10.6. The molecule has 5 nitrogen and oxygen atoms in total. The van der Waals surface area contributed by atoms with Crippen LogP contribution in [0, 0.1) is 11.3 Å². The number of hydrogen-bond acceptors (Lipinski definition) is 4. The molecule has 2 aliphatic heterocycles. The van der Waals surface area contributed by atoms with Crippen LogP contribution >= 0.6 is 0 Å². The molecule has 1 atom stereocenters. The molecule has 148 valence electrons. The highest BCUT2D eigenvalue weighted by atomic mass is 16.3. The first-order valence-corrected chi connectivity index (χ1v) is 10.6. The quantitative estimate of drug-likeness (QED) is 0.818. The van der Waals surface area contributed by atoms with Crippen LogP contribution in [0.2, 0.25) is 0 Å². The number of amides is 1. The molecule has 1 amide bonds. The van der Waals surface area contributed by atoms with E-state index in [4.69, 9.17) is 4.42 Å². The van der Waals surface area contributed by atoms with Gasteiger partial charge in [0.05, 0.1) is 12.8 Å². The van der Waals surface area contributed by atoms with Gasteiger partial charge in [-0.2, -0.15) is 0 Å². The molecule has 1 aromatic carbocycles. The zero-order valence-electron chi connectivity index (χ0n) is 16.4. The molecule has 1 spiro atoms. The number of piperidine rings is 1. The number of carbonyl (C=O) groups is 1. The van der Waals surface area contributed by atoms with E-state index in [1.54, 1.807) is 6.26 Å². The number of carbonyl (C=O) groups excluding carboxylic acids is 1. The van der Waals surface area contributed by atoms with Crippen molar-refractivity contribution in [2.75, 3.05) is 44.2 Å². The normalized spacial score (nSPS) is 24.5. The highest BCUT2D eigenvalue weighted by Gasteiger charge is 2.59. The van der Waals surface area contributed by atoms with Crippen LogP contribution in [-0.4, -0.2) is 55.0 Å². The van der Waals surface area contributed by atoms with Gasteiger partial charge in [0.25, 0.3) is 0 Å². The van der Waals surface area contributed by atoms with Crippen LogP contribution in [-0.2, 0) is 11.3 Å². The Hall–Kier alpha value is -2.27. The average molecular weight is 380 g/mol. The van der Waals surface area contributed by atoms with Gasteiger partial charge in [-0.15, -0.1) is 0 Å². The smallest absolute Gasteiger partial charge is 0.226 e. The lowest BCUT2D eigenvalue weighted by Gasteiger charge is -2.37. The summed E-state index contributed by atoms with van der Waals surface area (Å²) in [6.07, 6.45) is 5.13. The number of benzene rings is 1. The van der Waals surface area contributed by atoms with Crippen LogP contribution in [0.1, 0.15) is 25.0 Å². The Morgan fingerprint density at radius 3 is 2.39 bits per heavy atom. The number of piperazine rings is 1. The lowest BCUT2D eigenvalue weighted by molar-refractivity contribution is -0.134. The molecule has 0 N–H and O–H groups in total. The van der Waals surface area contributed by atoms with E-state index in [1.807, 2.05) is 12.1 Å². The van der Waals surface area contributed by atoms with Gasteiger partial charge in [-0.25, -0.2) is 0 Å². The van der Waals surface area contributed by atoms with Crippen molar-refractivity contribution in [3.8, 4) is 0 Å². The Morgan fingerprint density at radius 1 is 0.964 bits per heavy atom. The van der Waals surface area contributed by atoms with Gasteiger partial charge in [-0.3, -0.25) is 9.69 Å². The fourth-order valence-corrected chi connectivity index (χ4v) is 5.07. The Morgan fingerprint density at radius 2 is 1.71 bits per heavy atom. The Balaban J connectivity index is 1.11. The average Bonchev–Trinajstić information content (AvgIpc) is 3.19. The minimum absolute atomic E-state index is 0.265. The molecule has 5 heteroatoms. The SMILES string of the molecule is O=C(C1CC12CCN(Cc1ccco1)CC2)N1CCN(c2ccccc2)CC1. The molecule has 1 aliphatic carbocycles. The van der Waals surface area contributed by atoms with Gasteiger partial charge >= 0.3 is 0 Å². The van der Waals surface area contributed by atoms with Crippen molar-refractivity contribution in [2.45, 2.75) is 25.8 Å². The summed E-state index contributed by atoms with van der Waals surface area (Å²) in [6, 6.07) is 14.5. The molecule has 0 bridgehead atoms. The third-order valence-electron chi connectivity index (χ3n) is 7.01. The zero-order chi connectivity index (χ0) is 19.0. The number of furan rings is 1. The van der Waals surface area contributed by atoms with E-state index in [0.29, 0.717) is 5.91 Å². The fraction of sp³-hybridized carbons (Fsp3) is 0.522. The van der Waals surface area contributed by atoms with E-state index in [-0.39, 0.29) is 11.3 Å². The second kappa shape index (κ2) is 7.28. The third-order valence-corrected chi connectivity index (χ3v) is 7.01. The Kier molecular flexibility index (Phi) is 4.63. The second-order valence-corrected chi connectivity index (χ2v) is 8.62. The van der Waals surface area contributed by atoms with Crippen LogP contribution < -0.4 is 4.90 Å². The van der Waals surface area contributed by atoms with Gasteiger partial charge < -0.3 is 14.2 Å². The predicted octanol–water partition coefficient (Wildman–Crippen LogP) is 3.23. The van der Waals surface area contributed by atoms with E-state index in [0.717, 1.165) is 70.8 Å². The third kappa shape index (κ3) is 3.44. The van der Waals surface area contributed by atoms with E-state index in [9.17, 15) is 4.79 Å². The number of para-hydroxylation sites is 1. The molecular formula is C23H29N3O2. The molecular weight excluding hydrogens is 350 g/mol. The summed E-state index contributed by atoms with van der Waals surface area (Å²) < 4.78 is 5.48. The minimum Gasteiger partial charge on any atom is -0.468 e. The number of nitrogens with zero attached hydrogens (tertiary/aromatic N) is 3. The maximum atomic E-state index is 13.1. The maximum absolute atomic E-state index is 13.1. The molecule has 2 aromatic rings. The highest BCUT2D eigenvalue weighted by molar-refractivity contribution is 5.83. The molecule has 3 aliphatic rings. The summed E-state index contributed by atoms with van der Waals surface area (Å²) in [5.41, 5.74) is 1.55. The fourth-order valence-electron chi connectivity index (χ4n) is 5.07. The largest absolute Gasteiger partial charge is 0.468 e. The molecule has 1 aromatic heterocycles. The summed E-state index contributed by atoms with van der Waals surface area (Å²) in [7, 11) is 0. The van der Waals surface area contributed by atoms with E-state index in [2.05, 4.69) is 45.0 Å². The second-order valence-electron chi connectivity index (χ2n) is 8.62. The van der Waals surface area contributed by atoms with E-state index < -0.39 is 0 Å². The molecule has 3 heterocycles. The van der Waals surface area contributed by atoms with Crippen molar-refractivity contribution >= 4 is 11.6 Å². The monoisotopic (exact) mass is 379 g/mol. The van der Waals surface area contributed by atoms with Crippen molar-refractivity contribution in [1.82, 2.24) is 9.80 Å². The van der Waals surface area contributed by atoms with Crippen molar-refractivity contribution in [3.63, 3.8) is 0 Å². The standard InChI is InChI=1S/C23H29N3O2/c27-22(26-14-12-25(13-15-26)19-5-2-1-3-6-19)21-17-23(21)8-10-24(11-9-23)18-20-7-4-16-28-20/h1-7,16,21H,8-15,17-18H2. The number of likely N-dealkylation sites (tertiary alicyclic amines) is 1. The number of rotatable bonds is 4. The van der Waals surface area contributed by atoms with E-state index in [1.165, 1.54) is 5.69 Å². The Bertz CT molecular complexity index is 789. The van der Waals surface area contributed by atoms with Gasteiger partial charge in [0, 0.05) is 37.8 Å². The molecule has 2 saturated heterocycles. The molecule has 3 fully saturated rings. The Labute approximate surface area is 166 Å². The van der Waals surface area contributed by atoms with Crippen LogP contribution in [0.4, 0.5) is 5.69 Å². The van der Waals surface area contributed by atoms with E-state index >= 15 is 0 Å². The van der Waals surface area contributed by atoms with Crippen molar-refractivity contribution < 1.29 is 9.21 Å². The maximum Gasteiger partial charge on any atom is 0.226 e. The van der Waals surface area contributed by atoms with Crippen LogP contribution in [0.5, 0.6) is 0 Å². The number of hydrogen-bond donors (Lipinski definition) is 0. The van der Waals surface area contributed by atoms with Crippen molar-refractivity contribution in [3.05, 3.63) is 54.5 Å². The minimum atomic E-state index is 0.265. The highest BCUT2D eigenvalue weighted by Crippen LogP contribution is 2.60. The van der Waals surface area contributed by atoms with Crippen LogP contribution in [0.15, 0.2) is 53.1 Å². The molecule has 1 saturated carbocycles. The van der Waals surface area contributed by atoms with Gasteiger partial charge in [-0.05, 0) is 62.0 Å². The first-order chi connectivity index (χ1) is 13.7. The molecule has 0 radical (unpaired) electrons. The lowest BCUT2D eigenvalue weighted by Crippen LogP contribution is -2.50. The first kappa shape index (κ1) is 17.8. The van der Waals surface area contributed by atoms with Gasteiger partial charge in [0.2, 0.25) is 5.91 Å². The summed E-state index contributed by atoms with van der Waals surface area (Å²) in [6.45, 7) is 6.62. The molecule has 1 unspecified atom stereocenters. The molecule has 5 rings (SSSR count). The van der Waals surface area contributed by atoms with Crippen LogP contribution in [0.25, 0.3) is 0 Å². The summed E-state index contributed by atoms with van der Waals surface area (Å²) in [4.78, 5) is 20.1. The lowest BCUT2D eigenvalue weighted by atomic mass is 9.90. The number of anilines is 1. The zero-order valence-corrected chi connectivity index (χ0v) is 16.4. The van der Waals surface area contributed by atoms with Crippen LogP contribution in [0.3, 0.4) is 0 Å². The topological polar surface area (TPSA) is 39.9 Å². The van der Waals surface area contributed by atoms with Gasteiger partial charge in [0.15, 0.2) is 0 Å². The van der Waals surface area contributed by atoms with Crippen molar-refractivity contribution in [2.24, 2.45) is 11.3 Å². The summed E-state index contributed by atoms with van der Waals surface area (Å²) in [5.74, 6) is 1.71. The molecule has 28 heavy (non-hydrogen) atoms. The van der Waals surface area contributed by atoms with Crippen molar-refractivity contribution in [1.29, 1.82) is 0 Å². The van der Waals surface area contributed by atoms with Gasteiger partial charge in [0.1, 0.15) is 5.76 Å². The predicted molar refractivity (Wildman–Crippen MR) is 109 cm³/mol. The summed E-state index contributed by atoms with van der Waals surface area (Å²) in [5, 5.41) is 0. The van der Waals surface area contributed by atoms with Gasteiger partial charge in [-0.1, -0.05) is 18.2 Å². The summed E-state index contributed by atoms with van der Waals surface area (Å²) >= 11 is 0.